The van der Waals surface area contributed by atoms with E-state index in [-0.39, 0.29) is 5.41 Å². The molecule has 0 heterocycles. The van der Waals surface area contributed by atoms with E-state index in [1.165, 1.54) is 33.4 Å². The molecule has 0 atom stereocenters. The summed E-state index contributed by atoms with van der Waals surface area (Å²) in [6.45, 7) is 12.1. The second-order valence-electron chi connectivity index (χ2n) is 14.8. The Hall–Kier alpha value is -4.90. The normalized spacial score (nSPS) is 13.4. The summed E-state index contributed by atoms with van der Waals surface area (Å²) in [6, 6.07) is 52.5. The second-order valence-corrected chi connectivity index (χ2v) is 14.8. The van der Waals surface area contributed by atoms with E-state index in [1.807, 2.05) is 13.8 Å². The molecule has 4 heteroatoms. The Balaban J connectivity index is 1.21. The van der Waals surface area contributed by atoms with Crippen LogP contribution in [0.25, 0.3) is 33.4 Å². The Morgan fingerprint density at radius 3 is 1.57 bits per heavy atom. The predicted molar refractivity (Wildman–Crippen MR) is 208 cm³/mol. The quantitative estimate of drug-likeness (QED) is 0.160. The van der Waals surface area contributed by atoms with Gasteiger partial charge in [-0.15, -0.1) is 0 Å². The van der Waals surface area contributed by atoms with Crippen LogP contribution in [0.5, 0.6) is 0 Å². The van der Waals surface area contributed by atoms with Crippen molar-refractivity contribution in [3.8, 4) is 33.4 Å². The molecule has 0 radical (unpaired) electrons. The number of aliphatic hydroxyl groups is 1. The van der Waals surface area contributed by atoms with Crippen molar-refractivity contribution < 1.29 is 9.76 Å². The third-order valence-corrected chi connectivity index (χ3v) is 10.5. The first-order valence-electron chi connectivity index (χ1n) is 17.2. The number of nitrogens with zero attached hydrogens (tertiary/aromatic N) is 1. The molecule has 1 aliphatic carbocycles. The molecule has 6 aromatic carbocycles. The summed E-state index contributed by atoms with van der Waals surface area (Å²) in [6.07, 6.45) is 0. The monoisotopic (exact) mass is 641 g/mol. The molecule has 0 aromatic heterocycles. The van der Waals surface area contributed by atoms with Gasteiger partial charge in [-0.2, -0.15) is 0 Å². The van der Waals surface area contributed by atoms with Crippen LogP contribution in [0.2, 0.25) is 0 Å². The minimum Gasteiger partial charge on any atom is -0.427 e. The van der Waals surface area contributed by atoms with Crippen LogP contribution in [0, 0.1) is 0 Å². The Morgan fingerprint density at radius 1 is 0.531 bits per heavy atom. The van der Waals surface area contributed by atoms with Crippen LogP contribution in [0.15, 0.2) is 146 Å². The van der Waals surface area contributed by atoms with Crippen molar-refractivity contribution in [2.75, 3.05) is 4.90 Å². The van der Waals surface area contributed by atoms with Crippen LogP contribution in [0.1, 0.15) is 52.7 Å². The fraction of sp³-hybridized carbons (Fsp3) is 0.200. The van der Waals surface area contributed by atoms with E-state index in [2.05, 4.69) is 164 Å². The fourth-order valence-electron chi connectivity index (χ4n) is 6.75. The summed E-state index contributed by atoms with van der Waals surface area (Å²) in [7, 11) is 0.441. The van der Waals surface area contributed by atoms with Crippen LogP contribution < -0.4 is 10.4 Å². The predicted octanol–water partition coefficient (Wildman–Crippen LogP) is 10.3. The van der Waals surface area contributed by atoms with Gasteiger partial charge in [0.05, 0.1) is 11.2 Å². The van der Waals surface area contributed by atoms with E-state index in [0.717, 1.165) is 33.7 Å². The van der Waals surface area contributed by atoms with Gasteiger partial charge >= 0.3 is 7.48 Å². The van der Waals surface area contributed by atoms with E-state index in [4.69, 9.17) is 4.65 Å². The summed E-state index contributed by atoms with van der Waals surface area (Å²) in [5, 5.41) is 10.5. The molecule has 1 N–H and O–H groups in total. The standard InChI is InChI=1S/C45H44BNO2/c1-43(2)41-15-11-10-14-39(41)40-29-28-38(30-42(40)43)47(36-24-18-33(19-25-36)31-12-8-7-9-13-31)37-26-20-34(21-27-37)32-16-22-35(23-17-32)46-49-45(5,6)44(3,4)48/h7-30,46,48H,1-6H3. The van der Waals surface area contributed by atoms with E-state index < -0.39 is 11.2 Å². The summed E-state index contributed by atoms with van der Waals surface area (Å²) < 4.78 is 6.09. The molecular weight excluding hydrogens is 597 g/mol. The molecule has 6 aromatic rings. The third-order valence-electron chi connectivity index (χ3n) is 10.5. The molecule has 0 unspecified atom stereocenters. The number of hydrogen-bond acceptors (Lipinski definition) is 3. The average molecular weight is 642 g/mol. The minimum atomic E-state index is -0.937. The van der Waals surface area contributed by atoms with Gasteiger partial charge in [-0.05, 0) is 109 Å². The van der Waals surface area contributed by atoms with Crippen molar-refractivity contribution in [3.63, 3.8) is 0 Å². The van der Waals surface area contributed by atoms with E-state index in [9.17, 15) is 5.11 Å². The van der Waals surface area contributed by atoms with E-state index >= 15 is 0 Å². The number of rotatable bonds is 9. The highest BCUT2D eigenvalue weighted by Crippen LogP contribution is 2.50. The van der Waals surface area contributed by atoms with Gasteiger partial charge in [-0.25, -0.2) is 0 Å². The average Bonchev–Trinajstić information content (AvgIpc) is 3.34. The first-order valence-corrected chi connectivity index (χ1v) is 17.2. The van der Waals surface area contributed by atoms with Crippen LogP contribution in [0.3, 0.4) is 0 Å². The molecule has 3 nitrogen and oxygen atoms in total. The molecule has 0 saturated heterocycles. The highest BCUT2D eigenvalue weighted by molar-refractivity contribution is 6.47. The minimum absolute atomic E-state index is 0.0874. The second kappa shape index (κ2) is 12.5. The number of benzene rings is 6. The van der Waals surface area contributed by atoms with Crippen molar-refractivity contribution >= 4 is 30.0 Å². The Bertz CT molecular complexity index is 2080. The smallest absolute Gasteiger partial charge is 0.309 e. The topological polar surface area (TPSA) is 32.7 Å². The lowest BCUT2D eigenvalue weighted by Crippen LogP contribution is -2.49. The molecule has 7 rings (SSSR count). The molecule has 0 spiro atoms. The largest absolute Gasteiger partial charge is 0.427 e. The van der Waals surface area contributed by atoms with E-state index in [1.54, 1.807) is 13.8 Å². The number of fused-ring (bicyclic) bond motifs is 3. The van der Waals surface area contributed by atoms with Gasteiger partial charge in [0.25, 0.3) is 0 Å². The molecule has 49 heavy (non-hydrogen) atoms. The summed E-state index contributed by atoms with van der Waals surface area (Å²) in [5.74, 6) is 0. The maximum Gasteiger partial charge on any atom is 0.309 e. The zero-order valence-corrected chi connectivity index (χ0v) is 29.4. The van der Waals surface area contributed by atoms with Crippen molar-refractivity contribution in [1.82, 2.24) is 0 Å². The zero-order chi connectivity index (χ0) is 34.4. The van der Waals surface area contributed by atoms with Crippen LogP contribution in [-0.4, -0.2) is 23.8 Å². The number of hydrogen-bond donors (Lipinski definition) is 1. The van der Waals surface area contributed by atoms with Crippen molar-refractivity contribution in [2.24, 2.45) is 0 Å². The van der Waals surface area contributed by atoms with Gasteiger partial charge in [0.2, 0.25) is 0 Å². The summed E-state index contributed by atoms with van der Waals surface area (Å²) in [4.78, 5) is 2.36. The molecule has 1 aliphatic rings. The maximum atomic E-state index is 10.5. The van der Waals surface area contributed by atoms with Gasteiger partial charge < -0.3 is 14.7 Å². The highest BCUT2D eigenvalue weighted by atomic mass is 16.5. The lowest BCUT2D eigenvalue weighted by molar-refractivity contribution is -0.0893. The lowest BCUT2D eigenvalue weighted by atomic mass is 9.82. The van der Waals surface area contributed by atoms with Crippen molar-refractivity contribution in [3.05, 3.63) is 157 Å². The highest BCUT2D eigenvalue weighted by Gasteiger charge is 2.36. The van der Waals surface area contributed by atoms with Crippen molar-refractivity contribution in [1.29, 1.82) is 0 Å². The molecular formula is C45H44BNO2. The van der Waals surface area contributed by atoms with Crippen LogP contribution >= 0.6 is 0 Å². The fourth-order valence-corrected chi connectivity index (χ4v) is 6.75. The van der Waals surface area contributed by atoms with E-state index in [0.29, 0.717) is 7.48 Å². The first-order chi connectivity index (χ1) is 23.4. The third kappa shape index (κ3) is 6.23. The van der Waals surface area contributed by atoms with Crippen molar-refractivity contribution in [2.45, 2.75) is 58.2 Å². The van der Waals surface area contributed by atoms with Gasteiger partial charge in [-0.3, -0.25) is 0 Å². The lowest BCUT2D eigenvalue weighted by Gasteiger charge is -2.37. The Labute approximate surface area is 292 Å². The SMILES string of the molecule is CC1(C)c2ccccc2-c2ccc(N(c3ccc(-c4ccccc4)cc3)c3ccc(-c4ccc(BOC(C)(C)C(C)(C)O)cc4)cc3)cc21. The van der Waals surface area contributed by atoms with Gasteiger partial charge in [-0.1, -0.05) is 129 Å². The number of anilines is 3. The Morgan fingerprint density at radius 2 is 1.00 bits per heavy atom. The molecule has 0 fully saturated rings. The maximum absolute atomic E-state index is 10.5. The molecule has 0 bridgehead atoms. The molecule has 0 saturated carbocycles. The molecule has 244 valence electrons. The summed E-state index contributed by atoms with van der Waals surface area (Å²) in [5.41, 5.74) is 12.8. The first kappa shape index (κ1) is 32.6. The van der Waals surface area contributed by atoms with Gasteiger partial charge in [0.1, 0.15) is 0 Å². The van der Waals surface area contributed by atoms with Crippen LogP contribution in [-0.2, 0) is 10.1 Å². The zero-order valence-electron chi connectivity index (χ0n) is 29.4. The Kier molecular flexibility index (Phi) is 8.34. The van der Waals surface area contributed by atoms with Gasteiger partial charge in [0, 0.05) is 22.5 Å². The molecule has 0 aliphatic heterocycles. The van der Waals surface area contributed by atoms with Gasteiger partial charge in [0.15, 0.2) is 0 Å². The summed E-state index contributed by atoms with van der Waals surface area (Å²) >= 11 is 0. The van der Waals surface area contributed by atoms with Crippen LogP contribution in [0.4, 0.5) is 17.1 Å². The molecule has 0 amide bonds.